The average molecular weight is 415 g/mol. The summed E-state index contributed by atoms with van der Waals surface area (Å²) >= 11 is 0. The Hall–Kier alpha value is -3.11. The minimum Gasteiger partial charge on any atom is -0.360 e. The number of carbonyl (C=O) groups excluding carboxylic acids is 1. The molecule has 4 heteroatoms. The number of carbonyl (C=O) groups is 1. The molecule has 1 amide bonds. The molecular weight excluding hydrogens is 382 g/mol. The van der Waals surface area contributed by atoms with Crippen molar-refractivity contribution < 1.29 is 9.69 Å². The first-order chi connectivity index (χ1) is 15.0. The number of nitrogens with zero attached hydrogens (tertiary/aromatic N) is 1. The molecule has 3 aromatic rings. The number of para-hydroxylation sites is 1. The van der Waals surface area contributed by atoms with Gasteiger partial charge in [0.1, 0.15) is 0 Å². The molecule has 1 aliphatic heterocycles. The van der Waals surface area contributed by atoms with E-state index in [9.17, 15) is 4.79 Å². The predicted octanol–water partition coefficient (Wildman–Crippen LogP) is 3.70. The molecule has 3 aromatic carbocycles. The van der Waals surface area contributed by atoms with E-state index in [1.54, 1.807) is 0 Å². The Bertz CT molecular complexity index is 1040. The van der Waals surface area contributed by atoms with Crippen LogP contribution in [0.4, 0.5) is 11.4 Å². The standard InChI is InChI=1S/C27H31N3O/c1-20-13-14-21(2)24(19-20)28-27(31)26(23-10-5-4-6-11-23)30-17-15-29(16-18-30)25-12-8-7-9-22(25)3/h4-14,19,26H,15-18H2,1-3H3,(H,28,31)/p+1/t26-/m1/s1. The molecule has 4 nitrogen and oxygen atoms in total. The van der Waals surface area contributed by atoms with Crippen molar-refractivity contribution in [2.24, 2.45) is 0 Å². The highest BCUT2D eigenvalue weighted by Crippen LogP contribution is 2.21. The number of hydrogen-bond acceptors (Lipinski definition) is 2. The van der Waals surface area contributed by atoms with Gasteiger partial charge in [-0.05, 0) is 49.6 Å². The first-order valence-electron chi connectivity index (χ1n) is 11.1. The van der Waals surface area contributed by atoms with Crippen LogP contribution in [0.2, 0.25) is 0 Å². The fourth-order valence-electron chi connectivity index (χ4n) is 4.54. The van der Waals surface area contributed by atoms with Gasteiger partial charge in [-0.3, -0.25) is 4.79 Å². The van der Waals surface area contributed by atoms with Crippen molar-refractivity contribution in [3.8, 4) is 0 Å². The largest absolute Gasteiger partial charge is 0.360 e. The van der Waals surface area contributed by atoms with Gasteiger partial charge in [-0.15, -0.1) is 0 Å². The van der Waals surface area contributed by atoms with Crippen LogP contribution < -0.4 is 15.1 Å². The number of aryl methyl sites for hydroxylation is 3. The van der Waals surface area contributed by atoms with Gasteiger partial charge >= 0.3 is 0 Å². The molecule has 160 valence electrons. The highest BCUT2D eigenvalue weighted by atomic mass is 16.2. The lowest BCUT2D eigenvalue weighted by molar-refractivity contribution is -0.922. The van der Waals surface area contributed by atoms with E-state index in [0.29, 0.717) is 0 Å². The Morgan fingerprint density at radius 2 is 1.55 bits per heavy atom. The summed E-state index contributed by atoms with van der Waals surface area (Å²) < 4.78 is 0. The summed E-state index contributed by atoms with van der Waals surface area (Å²) in [7, 11) is 0. The number of piperazine rings is 1. The second kappa shape index (κ2) is 9.36. The number of quaternary nitrogens is 1. The van der Waals surface area contributed by atoms with Gasteiger partial charge in [-0.1, -0.05) is 60.7 Å². The van der Waals surface area contributed by atoms with E-state index in [1.165, 1.54) is 16.2 Å². The molecule has 31 heavy (non-hydrogen) atoms. The molecule has 1 fully saturated rings. The van der Waals surface area contributed by atoms with E-state index >= 15 is 0 Å². The van der Waals surface area contributed by atoms with Crippen LogP contribution in [0.25, 0.3) is 0 Å². The Kier molecular flexibility index (Phi) is 6.38. The summed E-state index contributed by atoms with van der Waals surface area (Å²) in [6.45, 7) is 10.0. The van der Waals surface area contributed by atoms with Crippen LogP contribution in [-0.4, -0.2) is 32.1 Å². The van der Waals surface area contributed by atoms with Gasteiger partial charge in [0.25, 0.3) is 5.91 Å². The van der Waals surface area contributed by atoms with Gasteiger partial charge in [-0.25, -0.2) is 0 Å². The van der Waals surface area contributed by atoms with Crippen LogP contribution in [0.5, 0.6) is 0 Å². The molecule has 0 saturated carbocycles. The van der Waals surface area contributed by atoms with Crippen LogP contribution in [0.1, 0.15) is 28.3 Å². The normalized spacial score (nSPS) is 15.5. The summed E-state index contributed by atoms with van der Waals surface area (Å²) in [6.07, 6.45) is 0. The SMILES string of the molecule is Cc1ccc(C)c(NC(=O)[C@@H](c2ccccc2)[NH+]2CCN(c3ccccc3C)CC2)c1. The lowest BCUT2D eigenvalue weighted by Gasteiger charge is -2.37. The zero-order valence-electron chi connectivity index (χ0n) is 18.7. The Labute approximate surface area is 185 Å². The lowest BCUT2D eigenvalue weighted by Crippen LogP contribution is -3.16. The van der Waals surface area contributed by atoms with E-state index in [0.717, 1.165) is 48.6 Å². The lowest BCUT2D eigenvalue weighted by atomic mass is 10.0. The molecule has 2 N–H and O–H groups in total. The monoisotopic (exact) mass is 414 g/mol. The summed E-state index contributed by atoms with van der Waals surface area (Å²) in [6, 6.07) is 24.7. The van der Waals surface area contributed by atoms with Crippen LogP contribution in [-0.2, 0) is 4.79 Å². The van der Waals surface area contributed by atoms with Crippen molar-refractivity contribution in [3.63, 3.8) is 0 Å². The van der Waals surface area contributed by atoms with Crippen molar-refractivity contribution >= 4 is 17.3 Å². The van der Waals surface area contributed by atoms with Crippen LogP contribution >= 0.6 is 0 Å². The fourth-order valence-corrected chi connectivity index (χ4v) is 4.54. The van der Waals surface area contributed by atoms with Gasteiger partial charge in [0.2, 0.25) is 0 Å². The molecule has 1 saturated heterocycles. The number of hydrogen-bond donors (Lipinski definition) is 2. The third-order valence-corrected chi connectivity index (χ3v) is 6.32. The van der Waals surface area contributed by atoms with Crippen molar-refractivity contribution in [2.45, 2.75) is 26.8 Å². The maximum atomic E-state index is 13.5. The Morgan fingerprint density at radius 3 is 2.26 bits per heavy atom. The van der Waals surface area contributed by atoms with Crippen LogP contribution in [0, 0.1) is 20.8 Å². The smallest absolute Gasteiger partial charge is 0.287 e. The minimum atomic E-state index is -0.222. The summed E-state index contributed by atoms with van der Waals surface area (Å²) in [5.41, 5.74) is 6.82. The second-order valence-corrected chi connectivity index (χ2v) is 8.58. The van der Waals surface area contributed by atoms with Crippen molar-refractivity contribution in [1.82, 2.24) is 0 Å². The fraction of sp³-hybridized carbons (Fsp3) is 0.296. The third-order valence-electron chi connectivity index (χ3n) is 6.32. The van der Waals surface area contributed by atoms with E-state index in [4.69, 9.17) is 0 Å². The number of amides is 1. The molecule has 1 atom stereocenters. The molecule has 0 radical (unpaired) electrons. The summed E-state index contributed by atoms with van der Waals surface area (Å²) in [4.78, 5) is 17.3. The number of benzene rings is 3. The zero-order chi connectivity index (χ0) is 21.8. The molecule has 0 spiro atoms. The summed E-state index contributed by atoms with van der Waals surface area (Å²) in [5, 5.41) is 3.23. The highest BCUT2D eigenvalue weighted by Gasteiger charge is 2.34. The quantitative estimate of drug-likeness (QED) is 0.668. The molecule has 0 aromatic heterocycles. The number of rotatable bonds is 5. The van der Waals surface area contributed by atoms with Gasteiger partial charge in [0.15, 0.2) is 6.04 Å². The third kappa shape index (κ3) is 4.80. The first-order valence-corrected chi connectivity index (χ1v) is 11.1. The van der Waals surface area contributed by atoms with E-state index in [2.05, 4.69) is 78.7 Å². The Balaban J connectivity index is 1.54. The molecule has 0 aliphatic carbocycles. The second-order valence-electron chi connectivity index (χ2n) is 8.58. The maximum Gasteiger partial charge on any atom is 0.287 e. The van der Waals surface area contributed by atoms with E-state index in [1.807, 2.05) is 25.1 Å². The minimum absolute atomic E-state index is 0.0687. The molecule has 0 unspecified atom stereocenters. The van der Waals surface area contributed by atoms with Crippen LogP contribution in [0.15, 0.2) is 72.8 Å². The van der Waals surface area contributed by atoms with Gasteiger partial charge in [-0.2, -0.15) is 0 Å². The molecular formula is C27H32N3O+. The van der Waals surface area contributed by atoms with E-state index in [-0.39, 0.29) is 11.9 Å². The van der Waals surface area contributed by atoms with Gasteiger partial charge < -0.3 is 15.1 Å². The van der Waals surface area contributed by atoms with Crippen molar-refractivity contribution in [3.05, 3.63) is 95.1 Å². The number of nitrogens with one attached hydrogen (secondary N) is 2. The zero-order valence-corrected chi connectivity index (χ0v) is 18.7. The molecule has 1 aliphatic rings. The predicted molar refractivity (Wildman–Crippen MR) is 128 cm³/mol. The molecule has 0 bridgehead atoms. The topological polar surface area (TPSA) is 36.8 Å². The van der Waals surface area contributed by atoms with Gasteiger partial charge in [0, 0.05) is 16.9 Å². The van der Waals surface area contributed by atoms with Crippen molar-refractivity contribution in [1.29, 1.82) is 0 Å². The Morgan fingerprint density at radius 1 is 0.871 bits per heavy atom. The van der Waals surface area contributed by atoms with Crippen molar-refractivity contribution in [2.75, 3.05) is 36.4 Å². The summed E-state index contributed by atoms with van der Waals surface area (Å²) in [5.74, 6) is 0.0687. The number of anilines is 2. The van der Waals surface area contributed by atoms with Gasteiger partial charge in [0.05, 0.1) is 26.2 Å². The highest BCUT2D eigenvalue weighted by molar-refractivity contribution is 5.95. The maximum absolute atomic E-state index is 13.5. The van der Waals surface area contributed by atoms with Crippen LogP contribution in [0.3, 0.4) is 0 Å². The first kappa shape index (κ1) is 21.1. The van der Waals surface area contributed by atoms with E-state index < -0.39 is 0 Å². The molecule has 1 heterocycles. The molecule has 4 rings (SSSR count). The average Bonchev–Trinajstić information content (AvgIpc) is 2.78.